The lowest BCUT2D eigenvalue weighted by Gasteiger charge is -2.20. The van der Waals surface area contributed by atoms with E-state index in [9.17, 15) is 0 Å². The van der Waals surface area contributed by atoms with Gasteiger partial charge in [0.25, 0.3) is 0 Å². The number of halogens is 3. The maximum atomic E-state index is 6.25. The van der Waals surface area contributed by atoms with Gasteiger partial charge in [-0.25, -0.2) is 4.68 Å². The van der Waals surface area contributed by atoms with Gasteiger partial charge in [-0.05, 0) is 69.2 Å². The molecule has 0 radical (unpaired) electrons. The van der Waals surface area contributed by atoms with Gasteiger partial charge in [0.1, 0.15) is 0 Å². The molecule has 1 N–H and O–H groups in total. The van der Waals surface area contributed by atoms with Gasteiger partial charge in [-0.3, -0.25) is 0 Å². The third-order valence-corrected chi connectivity index (χ3v) is 5.11. The molecule has 7 heteroatoms. The van der Waals surface area contributed by atoms with Crippen LogP contribution >= 0.6 is 50.1 Å². The Hall–Kier alpha value is -0.180. The summed E-state index contributed by atoms with van der Waals surface area (Å²) in [4.78, 5) is 0. The van der Waals surface area contributed by atoms with Crippen LogP contribution in [0.3, 0.4) is 0 Å². The molecule has 2 rings (SSSR count). The third-order valence-electron chi connectivity index (χ3n) is 2.98. The molecule has 1 aromatic heterocycles. The van der Waals surface area contributed by atoms with Gasteiger partial charge in [0.05, 0.1) is 16.8 Å². The molecule has 1 aromatic carbocycles. The van der Waals surface area contributed by atoms with Gasteiger partial charge in [-0.1, -0.05) is 29.8 Å². The molecule has 0 spiro atoms. The van der Waals surface area contributed by atoms with E-state index < -0.39 is 0 Å². The summed E-state index contributed by atoms with van der Waals surface area (Å²) in [6.45, 7) is 3.05. The molecule has 0 amide bonds. The topological polar surface area (TPSA) is 42.7 Å². The van der Waals surface area contributed by atoms with Crippen molar-refractivity contribution >= 4 is 50.1 Å². The van der Waals surface area contributed by atoms with Crippen LogP contribution < -0.4 is 5.32 Å². The van der Waals surface area contributed by atoms with Crippen LogP contribution in [0.5, 0.6) is 0 Å². The number of aromatic nitrogens is 3. The Morgan fingerprint density at radius 2 is 2.25 bits per heavy atom. The zero-order valence-corrected chi connectivity index (χ0v) is 15.7. The number of hydrogen-bond donors (Lipinski definition) is 1. The highest BCUT2D eigenvalue weighted by Crippen LogP contribution is 2.30. The first-order valence-corrected chi connectivity index (χ1v) is 8.53. The van der Waals surface area contributed by atoms with E-state index in [-0.39, 0.29) is 6.04 Å². The zero-order valence-electron chi connectivity index (χ0n) is 11.2. The maximum Gasteiger partial charge on any atom is 0.153 e. The molecule has 1 heterocycles. The molecule has 0 saturated heterocycles. The molecular weight excluding hydrogens is 454 g/mol. The molecule has 0 saturated carbocycles. The lowest BCUT2D eigenvalue weighted by molar-refractivity contribution is 0.549. The number of nitrogens with zero attached hydrogens (tertiary/aromatic N) is 3. The lowest BCUT2D eigenvalue weighted by Crippen LogP contribution is -2.25. The Morgan fingerprint density at radius 1 is 1.50 bits per heavy atom. The maximum absolute atomic E-state index is 6.25. The van der Waals surface area contributed by atoms with Crippen LogP contribution in [0.2, 0.25) is 5.02 Å². The van der Waals surface area contributed by atoms with Crippen LogP contribution in [0, 0.1) is 3.57 Å². The Labute approximate surface area is 145 Å². The van der Waals surface area contributed by atoms with Gasteiger partial charge in [0.15, 0.2) is 4.60 Å². The van der Waals surface area contributed by atoms with Gasteiger partial charge in [0, 0.05) is 10.6 Å². The summed E-state index contributed by atoms with van der Waals surface area (Å²) in [5, 5.41) is 12.4. The average Bonchev–Trinajstić information content (AvgIpc) is 2.75. The highest BCUT2D eigenvalue weighted by atomic mass is 127. The number of aryl methyl sites for hydroxylation is 1. The van der Waals surface area contributed by atoms with E-state index in [1.54, 1.807) is 4.68 Å². The summed E-state index contributed by atoms with van der Waals surface area (Å²) >= 11 is 11.9. The predicted molar refractivity (Wildman–Crippen MR) is 93.0 cm³/mol. The molecule has 0 fully saturated rings. The minimum atomic E-state index is 0.0128. The van der Waals surface area contributed by atoms with Crippen molar-refractivity contribution in [2.45, 2.75) is 19.4 Å². The van der Waals surface area contributed by atoms with Gasteiger partial charge in [0.2, 0.25) is 0 Å². The average molecular weight is 470 g/mol. The normalized spacial score (nSPS) is 12.7. The number of nitrogens with one attached hydrogen (secondary N) is 1. The molecule has 108 valence electrons. The van der Waals surface area contributed by atoms with Gasteiger partial charge in [-0.2, -0.15) is 0 Å². The molecule has 0 bridgehead atoms. The van der Waals surface area contributed by atoms with Gasteiger partial charge < -0.3 is 5.32 Å². The van der Waals surface area contributed by atoms with Crippen molar-refractivity contribution in [1.82, 2.24) is 20.3 Å². The smallest absolute Gasteiger partial charge is 0.153 e. The zero-order chi connectivity index (χ0) is 14.7. The molecule has 0 aliphatic rings. The Morgan fingerprint density at radius 3 is 2.80 bits per heavy atom. The monoisotopic (exact) mass is 468 g/mol. The summed E-state index contributed by atoms with van der Waals surface area (Å²) in [7, 11) is 1.89. The second-order valence-corrected chi connectivity index (χ2v) is 6.77. The van der Waals surface area contributed by atoms with Crippen molar-refractivity contribution in [3.63, 3.8) is 0 Å². The molecule has 1 atom stereocenters. The van der Waals surface area contributed by atoms with Crippen molar-refractivity contribution in [1.29, 1.82) is 0 Å². The van der Waals surface area contributed by atoms with Crippen LogP contribution in [0.25, 0.3) is 0 Å². The van der Waals surface area contributed by atoms with Crippen LogP contribution in [0.4, 0.5) is 0 Å². The van der Waals surface area contributed by atoms with Crippen LogP contribution in [0.1, 0.15) is 30.6 Å². The molecule has 0 aliphatic heterocycles. The van der Waals surface area contributed by atoms with E-state index in [1.165, 1.54) is 0 Å². The van der Waals surface area contributed by atoms with Crippen molar-refractivity contribution in [2.75, 3.05) is 6.54 Å². The standard InChI is InChI=1S/C13H15BrClIN4/c1-3-6-17-11(12-13(14)18-19-20(12)2)8-4-5-10(16)9(15)7-8/h4-5,7,11,17H,3,6H2,1-2H3. The summed E-state index contributed by atoms with van der Waals surface area (Å²) in [5.41, 5.74) is 2.10. The highest BCUT2D eigenvalue weighted by molar-refractivity contribution is 14.1. The molecule has 1 unspecified atom stereocenters. The second-order valence-electron chi connectivity index (χ2n) is 4.45. The summed E-state index contributed by atoms with van der Waals surface area (Å²) in [6, 6.07) is 6.12. The van der Waals surface area contributed by atoms with Crippen molar-refractivity contribution < 1.29 is 0 Å². The van der Waals surface area contributed by atoms with E-state index in [1.807, 2.05) is 19.2 Å². The largest absolute Gasteiger partial charge is 0.305 e. The predicted octanol–water partition coefficient (Wildman–Crippen LogP) is 3.92. The van der Waals surface area contributed by atoms with E-state index in [0.717, 1.165) is 37.4 Å². The van der Waals surface area contributed by atoms with E-state index >= 15 is 0 Å². The summed E-state index contributed by atoms with van der Waals surface area (Å²) in [5.74, 6) is 0. The molecule has 0 aliphatic carbocycles. The Bertz CT molecular complexity index is 583. The Balaban J connectivity index is 2.44. The van der Waals surface area contributed by atoms with E-state index in [0.29, 0.717) is 0 Å². The first kappa shape index (κ1) is 16.2. The highest BCUT2D eigenvalue weighted by Gasteiger charge is 2.22. The van der Waals surface area contributed by atoms with Crippen LogP contribution in [-0.2, 0) is 7.05 Å². The minimum absolute atomic E-state index is 0.0128. The quantitative estimate of drug-likeness (QED) is 0.675. The fraction of sp³-hybridized carbons (Fsp3) is 0.385. The number of hydrogen-bond acceptors (Lipinski definition) is 3. The Kier molecular flexibility index (Phi) is 5.83. The van der Waals surface area contributed by atoms with E-state index in [4.69, 9.17) is 11.6 Å². The molecule has 20 heavy (non-hydrogen) atoms. The second kappa shape index (κ2) is 7.20. The first-order valence-electron chi connectivity index (χ1n) is 6.28. The van der Waals surface area contributed by atoms with Gasteiger partial charge >= 0.3 is 0 Å². The van der Waals surface area contributed by atoms with Crippen LogP contribution in [0.15, 0.2) is 22.8 Å². The molecular formula is C13H15BrClIN4. The SMILES string of the molecule is CCCNC(c1ccc(I)c(Cl)c1)c1c(Br)nnn1C. The fourth-order valence-corrected chi connectivity index (χ4v) is 3.08. The summed E-state index contributed by atoms with van der Waals surface area (Å²) in [6.07, 6.45) is 1.05. The number of rotatable bonds is 5. The van der Waals surface area contributed by atoms with Crippen molar-refractivity contribution in [3.05, 3.63) is 42.7 Å². The van der Waals surface area contributed by atoms with Crippen molar-refractivity contribution in [2.24, 2.45) is 7.05 Å². The van der Waals surface area contributed by atoms with E-state index in [2.05, 4.69) is 67.1 Å². The minimum Gasteiger partial charge on any atom is -0.305 e. The molecule has 4 nitrogen and oxygen atoms in total. The first-order chi connectivity index (χ1) is 9.54. The fourth-order valence-electron chi connectivity index (χ4n) is 2.00. The van der Waals surface area contributed by atoms with Crippen LogP contribution in [-0.4, -0.2) is 21.5 Å². The molecule has 2 aromatic rings. The third kappa shape index (κ3) is 3.52. The summed E-state index contributed by atoms with van der Waals surface area (Å²) < 4.78 is 3.58. The lowest BCUT2D eigenvalue weighted by atomic mass is 10.0. The van der Waals surface area contributed by atoms with Gasteiger partial charge in [-0.15, -0.1) is 5.10 Å². The van der Waals surface area contributed by atoms with Crippen molar-refractivity contribution in [3.8, 4) is 0 Å². The number of benzene rings is 1.